The van der Waals surface area contributed by atoms with Gasteiger partial charge < -0.3 is 15.0 Å². The Morgan fingerprint density at radius 1 is 1.42 bits per heavy atom. The van der Waals surface area contributed by atoms with E-state index in [1.54, 1.807) is 19.0 Å². The van der Waals surface area contributed by atoms with E-state index in [0.29, 0.717) is 12.1 Å². The van der Waals surface area contributed by atoms with Crippen molar-refractivity contribution < 1.29 is 9.53 Å². The number of hydrogen-bond acceptors (Lipinski definition) is 3. The zero-order valence-electron chi connectivity index (χ0n) is 11.8. The monoisotopic (exact) mass is 262 g/mol. The molecular weight excluding hydrogens is 240 g/mol. The largest absolute Gasteiger partial charge is 0.382 e. The zero-order valence-corrected chi connectivity index (χ0v) is 11.8. The molecule has 1 N–H and O–H groups in total. The lowest BCUT2D eigenvalue weighted by molar-refractivity contribution is 0.0232. The van der Waals surface area contributed by atoms with Crippen molar-refractivity contribution >= 4 is 11.6 Å². The Hall–Kier alpha value is -1.55. The first-order valence-electron chi connectivity index (χ1n) is 6.76. The highest BCUT2D eigenvalue weighted by Crippen LogP contribution is 2.19. The number of hydrogen-bond donors (Lipinski definition) is 1. The molecule has 1 aliphatic heterocycles. The first-order valence-corrected chi connectivity index (χ1v) is 6.76. The summed E-state index contributed by atoms with van der Waals surface area (Å²) in [6, 6.07) is 8.12. The van der Waals surface area contributed by atoms with Crippen LogP contribution in [0.1, 0.15) is 30.1 Å². The highest BCUT2D eigenvalue weighted by Gasteiger charge is 2.19. The lowest BCUT2D eigenvalue weighted by atomic mass is 10.0. The molecule has 1 saturated heterocycles. The Morgan fingerprint density at radius 3 is 2.89 bits per heavy atom. The summed E-state index contributed by atoms with van der Waals surface area (Å²) in [6.07, 6.45) is 2.32. The predicted molar refractivity (Wildman–Crippen MR) is 76.5 cm³/mol. The third-order valence-electron chi connectivity index (χ3n) is 3.37. The molecule has 1 heterocycles. The first kappa shape index (κ1) is 13.9. The Balaban J connectivity index is 2.04. The predicted octanol–water partition coefficient (Wildman–Crippen LogP) is 2.37. The Labute approximate surface area is 114 Å². The molecule has 1 aromatic carbocycles. The number of benzene rings is 1. The first-order chi connectivity index (χ1) is 9.06. The van der Waals surface area contributed by atoms with Crippen LogP contribution in [0, 0.1) is 0 Å². The summed E-state index contributed by atoms with van der Waals surface area (Å²) >= 11 is 0. The molecule has 0 bridgehead atoms. The summed E-state index contributed by atoms with van der Waals surface area (Å²) in [5.74, 6) is 0.0315. The van der Waals surface area contributed by atoms with Gasteiger partial charge in [-0.05, 0) is 38.0 Å². The van der Waals surface area contributed by atoms with Crippen LogP contribution < -0.4 is 5.32 Å². The molecule has 2 unspecified atom stereocenters. The summed E-state index contributed by atoms with van der Waals surface area (Å²) in [6.45, 7) is 2.90. The second kappa shape index (κ2) is 6.06. The van der Waals surface area contributed by atoms with Gasteiger partial charge in [-0.3, -0.25) is 4.79 Å². The van der Waals surface area contributed by atoms with Crippen LogP contribution in [0.25, 0.3) is 0 Å². The van der Waals surface area contributed by atoms with E-state index in [1.807, 2.05) is 24.3 Å². The third kappa shape index (κ3) is 3.70. The number of nitrogens with one attached hydrogen (secondary N) is 1. The molecule has 1 aliphatic rings. The highest BCUT2D eigenvalue weighted by atomic mass is 16.5. The fraction of sp³-hybridized carbons (Fsp3) is 0.533. The minimum absolute atomic E-state index is 0.0315. The van der Waals surface area contributed by atoms with Crippen molar-refractivity contribution in [1.82, 2.24) is 4.90 Å². The van der Waals surface area contributed by atoms with Crippen LogP contribution in [-0.2, 0) is 4.74 Å². The second-order valence-corrected chi connectivity index (χ2v) is 5.33. The lowest BCUT2D eigenvalue weighted by Crippen LogP contribution is -2.32. The Kier molecular flexibility index (Phi) is 4.43. The SMILES string of the molecule is CC1CC(Nc2cccc(C(=O)N(C)C)c2)CCO1. The number of carbonyl (C=O) groups excluding carboxylic acids is 1. The molecule has 4 heteroatoms. The number of amides is 1. The van der Waals surface area contributed by atoms with E-state index in [4.69, 9.17) is 4.74 Å². The summed E-state index contributed by atoms with van der Waals surface area (Å²) in [4.78, 5) is 13.5. The molecule has 0 saturated carbocycles. The maximum atomic E-state index is 11.9. The molecule has 0 aliphatic carbocycles. The van der Waals surface area contributed by atoms with Crippen molar-refractivity contribution in [2.24, 2.45) is 0 Å². The van der Waals surface area contributed by atoms with Gasteiger partial charge in [0, 0.05) is 38.0 Å². The molecule has 1 fully saturated rings. The number of nitrogens with zero attached hydrogens (tertiary/aromatic N) is 1. The Bertz CT molecular complexity index is 446. The minimum Gasteiger partial charge on any atom is -0.382 e. The number of anilines is 1. The smallest absolute Gasteiger partial charge is 0.253 e. The topological polar surface area (TPSA) is 41.6 Å². The van der Waals surface area contributed by atoms with Gasteiger partial charge in [0.1, 0.15) is 0 Å². The molecule has 2 atom stereocenters. The molecule has 1 aromatic rings. The van der Waals surface area contributed by atoms with E-state index in [1.165, 1.54) is 0 Å². The van der Waals surface area contributed by atoms with E-state index in [9.17, 15) is 4.79 Å². The molecule has 0 radical (unpaired) electrons. The van der Waals surface area contributed by atoms with Crippen molar-refractivity contribution in [3.8, 4) is 0 Å². The molecule has 0 aromatic heterocycles. The molecular formula is C15H22N2O2. The van der Waals surface area contributed by atoms with Crippen LogP contribution in [-0.4, -0.2) is 43.7 Å². The van der Waals surface area contributed by atoms with Gasteiger partial charge in [-0.15, -0.1) is 0 Å². The van der Waals surface area contributed by atoms with Crippen molar-refractivity contribution in [2.45, 2.75) is 31.9 Å². The maximum absolute atomic E-state index is 11.9. The van der Waals surface area contributed by atoms with Gasteiger partial charge in [0.05, 0.1) is 6.10 Å². The summed E-state index contributed by atoms with van der Waals surface area (Å²) in [5.41, 5.74) is 1.72. The number of rotatable bonds is 3. The van der Waals surface area contributed by atoms with E-state index >= 15 is 0 Å². The van der Waals surface area contributed by atoms with Crippen molar-refractivity contribution in [2.75, 3.05) is 26.0 Å². The normalized spacial score (nSPS) is 22.9. The van der Waals surface area contributed by atoms with Gasteiger partial charge in [-0.1, -0.05) is 6.07 Å². The van der Waals surface area contributed by atoms with Crippen LogP contribution in [0.3, 0.4) is 0 Å². The average Bonchev–Trinajstić information content (AvgIpc) is 2.38. The van der Waals surface area contributed by atoms with Gasteiger partial charge in [-0.25, -0.2) is 0 Å². The van der Waals surface area contributed by atoms with E-state index < -0.39 is 0 Å². The van der Waals surface area contributed by atoms with Crippen LogP contribution in [0.2, 0.25) is 0 Å². The van der Waals surface area contributed by atoms with Crippen LogP contribution in [0.15, 0.2) is 24.3 Å². The molecule has 2 rings (SSSR count). The number of carbonyl (C=O) groups is 1. The fourth-order valence-corrected chi connectivity index (χ4v) is 2.37. The molecule has 104 valence electrons. The van der Waals surface area contributed by atoms with Gasteiger partial charge in [0.15, 0.2) is 0 Å². The van der Waals surface area contributed by atoms with Gasteiger partial charge >= 0.3 is 0 Å². The summed E-state index contributed by atoms with van der Waals surface area (Å²) in [5, 5.41) is 3.49. The second-order valence-electron chi connectivity index (χ2n) is 5.33. The van der Waals surface area contributed by atoms with Gasteiger partial charge in [0.2, 0.25) is 0 Å². The fourth-order valence-electron chi connectivity index (χ4n) is 2.37. The van der Waals surface area contributed by atoms with Crippen molar-refractivity contribution in [3.05, 3.63) is 29.8 Å². The van der Waals surface area contributed by atoms with Crippen molar-refractivity contribution in [3.63, 3.8) is 0 Å². The molecule has 4 nitrogen and oxygen atoms in total. The molecule has 19 heavy (non-hydrogen) atoms. The van der Waals surface area contributed by atoms with E-state index in [-0.39, 0.29) is 5.91 Å². The quantitative estimate of drug-likeness (QED) is 0.909. The standard InChI is InChI=1S/C15H22N2O2/c1-11-9-14(7-8-19-11)16-13-6-4-5-12(10-13)15(18)17(2)3/h4-6,10-11,14,16H,7-9H2,1-3H3. The van der Waals surface area contributed by atoms with Crippen LogP contribution in [0.4, 0.5) is 5.69 Å². The molecule has 0 spiro atoms. The Morgan fingerprint density at radius 2 is 2.21 bits per heavy atom. The third-order valence-corrected chi connectivity index (χ3v) is 3.37. The summed E-state index contributed by atoms with van der Waals surface area (Å²) < 4.78 is 5.54. The zero-order chi connectivity index (χ0) is 13.8. The van der Waals surface area contributed by atoms with Crippen LogP contribution >= 0.6 is 0 Å². The van der Waals surface area contributed by atoms with E-state index in [2.05, 4.69) is 12.2 Å². The van der Waals surface area contributed by atoms with Gasteiger partial charge in [0.25, 0.3) is 5.91 Å². The van der Waals surface area contributed by atoms with E-state index in [0.717, 1.165) is 30.7 Å². The highest BCUT2D eigenvalue weighted by molar-refractivity contribution is 5.94. The van der Waals surface area contributed by atoms with Crippen LogP contribution in [0.5, 0.6) is 0 Å². The van der Waals surface area contributed by atoms with Gasteiger partial charge in [-0.2, -0.15) is 0 Å². The lowest BCUT2D eigenvalue weighted by Gasteiger charge is -2.28. The maximum Gasteiger partial charge on any atom is 0.253 e. The van der Waals surface area contributed by atoms with Crippen molar-refractivity contribution in [1.29, 1.82) is 0 Å². The number of ether oxygens (including phenoxy) is 1. The summed E-state index contributed by atoms with van der Waals surface area (Å²) in [7, 11) is 3.53. The molecule has 1 amide bonds. The average molecular weight is 262 g/mol. The minimum atomic E-state index is 0.0315.